The van der Waals surface area contributed by atoms with Crippen LogP contribution in [0.25, 0.3) is 0 Å². The molecule has 20 heavy (non-hydrogen) atoms. The van der Waals surface area contributed by atoms with Gasteiger partial charge in [0.2, 0.25) is 0 Å². The molecule has 0 unspecified atom stereocenters. The van der Waals surface area contributed by atoms with Crippen LogP contribution in [-0.4, -0.2) is 15.6 Å². The van der Waals surface area contributed by atoms with E-state index in [0.29, 0.717) is 6.42 Å². The maximum Gasteiger partial charge on any atom is 0.169 e. The van der Waals surface area contributed by atoms with Gasteiger partial charge in [0.05, 0.1) is 22.3 Å². The van der Waals surface area contributed by atoms with Crippen molar-refractivity contribution >= 4 is 21.7 Å². The van der Waals surface area contributed by atoms with Gasteiger partial charge < -0.3 is 0 Å². The molecule has 0 spiro atoms. The number of hydrogen-bond acceptors (Lipinski definition) is 2. The monoisotopic (exact) mass is 334 g/mol. The lowest BCUT2D eigenvalue weighted by atomic mass is 9.98. The van der Waals surface area contributed by atoms with Gasteiger partial charge in [-0.3, -0.25) is 9.48 Å². The molecule has 0 atom stereocenters. The van der Waals surface area contributed by atoms with Gasteiger partial charge in [0.1, 0.15) is 0 Å². The fourth-order valence-corrected chi connectivity index (χ4v) is 2.76. The zero-order valence-electron chi connectivity index (χ0n) is 12.3. The first-order valence-corrected chi connectivity index (χ1v) is 7.56. The average molecular weight is 335 g/mol. The fraction of sp³-hybridized carbons (Fsp3) is 0.375. The van der Waals surface area contributed by atoms with Gasteiger partial charge in [-0.25, -0.2) is 0 Å². The molecule has 2 rings (SSSR count). The Labute approximate surface area is 128 Å². The van der Waals surface area contributed by atoms with E-state index in [9.17, 15) is 4.79 Å². The standard InChI is InChI=1S/C16H19BrN2O/c1-5-19-14(16(17)12(4)18-19)9-15(20)13-8-6-7-10(2)11(13)3/h6-8H,5,9H2,1-4H3. The van der Waals surface area contributed by atoms with Crippen molar-refractivity contribution in [2.24, 2.45) is 0 Å². The quantitative estimate of drug-likeness (QED) is 0.791. The van der Waals surface area contributed by atoms with Crippen LogP contribution in [0, 0.1) is 20.8 Å². The summed E-state index contributed by atoms with van der Waals surface area (Å²) in [7, 11) is 0. The highest BCUT2D eigenvalue weighted by atomic mass is 79.9. The first-order valence-electron chi connectivity index (χ1n) is 6.76. The molecule has 1 heterocycles. The Balaban J connectivity index is 2.35. The third kappa shape index (κ3) is 2.70. The summed E-state index contributed by atoms with van der Waals surface area (Å²) in [5.41, 5.74) is 4.90. The lowest BCUT2D eigenvalue weighted by Crippen LogP contribution is -2.11. The van der Waals surface area contributed by atoms with Crippen LogP contribution in [-0.2, 0) is 13.0 Å². The van der Waals surface area contributed by atoms with Gasteiger partial charge in [0.25, 0.3) is 0 Å². The van der Waals surface area contributed by atoms with Crippen molar-refractivity contribution in [2.45, 2.75) is 40.7 Å². The minimum absolute atomic E-state index is 0.140. The molecule has 0 amide bonds. The van der Waals surface area contributed by atoms with Gasteiger partial charge in [-0.05, 0) is 54.8 Å². The molecule has 0 aliphatic heterocycles. The molecule has 2 aromatic rings. The maximum atomic E-state index is 12.6. The smallest absolute Gasteiger partial charge is 0.169 e. The van der Waals surface area contributed by atoms with E-state index in [1.807, 2.05) is 50.6 Å². The van der Waals surface area contributed by atoms with E-state index in [4.69, 9.17) is 0 Å². The number of aromatic nitrogens is 2. The second kappa shape index (κ2) is 5.92. The highest BCUT2D eigenvalue weighted by Gasteiger charge is 2.18. The van der Waals surface area contributed by atoms with Gasteiger partial charge in [-0.15, -0.1) is 0 Å². The second-order valence-corrected chi connectivity index (χ2v) is 5.80. The summed E-state index contributed by atoms with van der Waals surface area (Å²) in [6.07, 6.45) is 0.375. The summed E-state index contributed by atoms with van der Waals surface area (Å²) >= 11 is 3.54. The molecular formula is C16H19BrN2O. The second-order valence-electron chi connectivity index (χ2n) is 5.01. The van der Waals surface area contributed by atoms with Gasteiger partial charge >= 0.3 is 0 Å². The predicted molar refractivity (Wildman–Crippen MR) is 84.3 cm³/mol. The van der Waals surface area contributed by atoms with Crippen LogP contribution in [0.2, 0.25) is 0 Å². The lowest BCUT2D eigenvalue weighted by molar-refractivity contribution is 0.0989. The molecule has 0 aliphatic carbocycles. The molecule has 0 bridgehead atoms. The topological polar surface area (TPSA) is 34.9 Å². The van der Waals surface area contributed by atoms with E-state index < -0.39 is 0 Å². The van der Waals surface area contributed by atoms with E-state index >= 15 is 0 Å². The van der Waals surface area contributed by atoms with Crippen LogP contribution in [0.5, 0.6) is 0 Å². The van der Waals surface area contributed by atoms with Gasteiger partial charge in [0.15, 0.2) is 5.78 Å². The average Bonchev–Trinajstić information content (AvgIpc) is 2.69. The number of carbonyl (C=O) groups excluding carboxylic acids is 1. The number of Topliss-reactive ketones (excluding diaryl/α,β-unsaturated/α-hetero) is 1. The van der Waals surface area contributed by atoms with Crippen LogP contribution >= 0.6 is 15.9 Å². The van der Waals surface area contributed by atoms with Crippen molar-refractivity contribution in [3.8, 4) is 0 Å². The Kier molecular flexibility index (Phi) is 4.43. The minimum Gasteiger partial charge on any atom is -0.294 e. The number of hydrogen-bond donors (Lipinski definition) is 0. The largest absolute Gasteiger partial charge is 0.294 e. The number of ketones is 1. The van der Waals surface area contributed by atoms with Crippen molar-refractivity contribution in [3.63, 3.8) is 0 Å². The number of halogens is 1. The zero-order chi connectivity index (χ0) is 14.9. The molecule has 1 aromatic heterocycles. The first-order chi connectivity index (χ1) is 9.45. The van der Waals surface area contributed by atoms with Gasteiger partial charge in [-0.2, -0.15) is 5.10 Å². The Morgan fingerprint density at radius 2 is 2.00 bits per heavy atom. The molecule has 0 radical (unpaired) electrons. The van der Waals surface area contributed by atoms with Crippen LogP contribution in [0.3, 0.4) is 0 Å². The van der Waals surface area contributed by atoms with E-state index in [0.717, 1.165) is 39.1 Å². The van der Waals surface area contributed by atoms with Crippen molar-refractivity contribution in [1.82, 2.24) is 9.78 Å². The molecule has 0 fully saturated rings. The number of benzene rings is 1. The lowest BCUT2D eigenvalue weighted by Gasteiger charge is -2.09. The summed E-state index contributed by atoms with van der Waals surface area (Å²) in [6, 6.07) is 5.87. The van der Waals surface area contributed by atoms with Crippen LogP contribution in [0.1, 0.15) is 39.8 Å². The van der Waals surface area contributed by atoms with E-state index in [1.165, 1.54) is 0 Å². The van der Waals surface area contributed by atoms with Crippen molar-refractivity contribution < 1.29 is 4.79 Å². The van der Waals surface area contributed by atoms with Crippen molar-refractivity contribution in [1.29, 1.82) is 0 Å². The molecule has 4 heteroatoms. The molecule has 1 aromatic carbocycles. The normalized spacial score (nSPS) is 10.8. The van der Waals surface area contributed by atoms with E-state index in [2.05, 4.69) is 21.0 Å². The first kappa shape index (κ1) is 15.0. The number of rotatable bonds is 4. The Bertz CT molecular complexity index is 659. The van der Waals surface area contributed by atoms with Crippen LogP contribution < -0.4 is 0 Å². The summed E-state index contributed by atoms with van der Waals surface area (Å²) in [5.74, 6) is 0.140. The van der Waals surface area contributed by atoms with Crippen LogP contribution in [0.15, 0.2) is 22.7 Å². The number of aryl methyl sites for hydroxylation is 3. The Morgan fingerprint density at radius 1 is 1.30 bits per heavy atom. The van der Waals surface area contributed by atoms with Gasteiger partial charge in [-0.1, -0.05) is 18.2 Å². The summed E-state index contributed by atoms with van der Waals surface area (Å²) < 4.78 is 2.83. The summed E-state index contributed by atoms with van der Waals surface area (Å²) in [4.78, 5) is 12.6. The predicted octanol–water partition coefficient (Wildman–Crippen LogP) is 4.02. The molecule has 3 nitrogen and oxygen atoms in total. The Morgan fingerprint density at radius 3 is 2.65 bits per heavy atom. The van der Waals surface area contributed by atoms with Crippen molar-refractivity contribution in [3.05, 3.63) is 50.8 Å². The van der Waals surface area contributed by atoms with E-state index in [-0.39, 0.29) is 5.78 Å². The SMILES string of the molecule is CCn1nc(C)c(Br)c1CC(=O)c1cccc(C)c1C. The molecule has 0 saturated carbocycles. The summed E-state index contributed by atoms with van der Waals surface area (Å²) in [5, 5.41) is 4.43. The molecule has 0 saturated heterocycles. The minimum atomic E-state index is 0.140. The van der Waals surface area contributed by atoms with E-state index in [1.54, 1.807) is 0 Å². The third-order valence-corrected chi connectivity index (χ3v) is 4.72. The summed E-state index contributed by atoms with van der Waals surface area (Å²) in [6.45, 7) is 8.78. The molecular weight excluding hydrogens is 316 g/mol. The molecule has 0 N–H and O–H groups in total. The fourth-order valence-electron chi connectivity index (χ4n) is 2.34. The highest BCUT2D eigenvalue weighted by Crippen LogP contribution is 2.23. The maximum absolute atomic E-state index is 12.6. The molecule has 106 valence electrons. The van der Waals surface area contributed by atoms with Crippen molar-refractivity contribution in [2.75, 3.05) is 0 Å². The van der Waals surface area contributed by atoms with Gasteiger partial charge in [0, 0.05) is 12.1 Å². The highest BCUT2D eigenvalue weighted by molar-refractivity contribution is 9.10. The third-order valence-electron chi connectivity index (χ3n) is 3.69. The number of carbonyl (C=O) groups is 1. The van der Waals surface area contributed by atoms with Crippen LogP contribution in [0.4, 0.5) is 0 Å². The zero-order valence-corrected chi connectivity index (χ0v) is 13.9. The Hall–Kier alpha value is -1.42. The molecule has 0 aliphatic rings. The number of nitrogens with zero attached hydrogens (tertiary/aromatic N) is 2.